The second-order valence-corrected chi connectivity index (χ2v) is 8.53. The number of amides is 2. The van der Waals surface area contributed by atoms with E-state index in [0.717, 1.165) is 49.2 Å². The van der Waals surface area contributed by atoms with Crippen LogP contribution in [0.5, 0.6) is 5.75 Å². The molecule has 3 atom stereocenters. The van der Waals surface area contributed by atoms with Gasteiger partial charge in [0.05, 0.1) is 12.2 Å². The van der Waals surface area contributed by atoms with Crippen molar-refractivity contribution in [1.29, 1.82) is 0 Å². The maximum atomic E-state index is 13.0. The lowest BCUT2D eigenvalue weighted by atomic mass is 9.96. The Morgan fingerprint density at radius 2 is 1.93 bits per heavy atom. The van der Waals surface area contributed by atoms with Crippen LogP contribution in [0.2, 0.25) is 0 Å². The molecule has 2 bridgehead atoms. The van der Waals surface area contributed by atoms with Crippen LogP contribution < -0.4 is 20.7 Å². The Bertz CT molecular complexity index is 990. The number of carbonyl (C=O) groups excluding carboxylic acids is 2. The van der Waals surface area contributed by atoms with Crippen LogP contribution in [-0.2, 0) is 6.42 Å². The van der Waals surface area contributed by atoms with Gasteiger partial charge in [0, 0.05) is 41.9 Å². The van der Waals surface area contributed by atoms with E-state index in [1.165, 1.54) is 5.56 Å². The molecule has 2 amide bonds. The number of anilines is 1. The zero-order valence-electron chi connectivity index (χ0n) is 17.1. The highest BCUT2D eigenvalue weighted by Crippen LogP contribution is 2.39. The average Bonchev–Trinajstić information content (AvgIpc) is 3.31. The molecule has 0 aliphatic carbocycles. The number of hydrogen-bond acceptors (Lipinski definition) is 5. The van der Waals surface area contributed by atoms with Gasteiger partial charge in [-0.3, -0.25) is 9.59 Å². The summed E-state index contributed by atoms with van der Waals surface area (Å²) in [5.74, 6) is 1.27. The number of carbonyl (C=O) groups is 2. The highest BCUT2D eigenvalue weighted by atomic mass is 16.5. The molecule has 7 nitrogen and oxygen atoms in total. The van der Waals surface area contributed by atoms with Crippen LogP contribution in [0.1, 0.15) is 57.5 Å². The molecule has 2 aromatic rings. The van der Waals surface area contributed by atoms with Crippen LogP contribution >= 0.6 is 0 Å². The first-order valence-corrected chi connectivity index (χ1v) is 10.6. The van der Waals surface area contributed by atoms with Crippen molar-refractivity contribution < 1.29 is 14.3 Å². The molecular formula is C23H26N4O3. The predicted molar refractivity (Wildman–Crippen MR) is 113 cm³/mol. The number of nitrogens with zero attached hydrogens (tertiary/aromatic N) is 2. The highest BCUT2D eigenvalue weighted by Gasteiger charge is 2.42. The minimum Gasteiger partial charge on any atom is -0.493 e. The Morgan fingerprint density at radius 1 is 1.17 bits per heavy atom. The summed E-state index contributed by atoms with van der Waals surface area (Å²) in [6, 6.07) is 8.36. The van der Waals surface area contributed by atoms with Crippen molar-refractivity contribution in [2.24, 2.45) is 5.73 Å². The third-order valence-corrected chi connectivity index (χ3v) is 6.72. The molecule has 7 heteroatoms. The smallest absolute Gasteiger partial charge is 0.251 e. The minimum absolute atomic E-state index is 0.0208. The number of nitrogens with one attached hydrogen (secondary N) is 1. The number of rotatable bonds is 4. The molecule has 2 fully saturated rings. The standard InChI is InChI=1S/C23H26N4O3/c1-13-19(6-2-14-8-9-30-21(13)14)23(29)26-16-10-17-4-5-18(11-16)27(17)20-7-3-15(12-25-20)22(24)28/h2-3,6-7,12,16-18H,4-5,8-11H2,1H3,(H2,24,28)(H,26,29)/t16?,17-,18+. The Balaban J connectivity index is 1.28. The lowest BCUT2D eigenvalue weighted by Crippen LogP contribution is -2.50. The van der Waals surface area contributed by atoms with Crippen molar-refractivity contribution in [2.75, 3.05) is 11.5 Å². The number of aromatic nitrogens is 1. The number of piperidine rings is 1. The summed E-state index contributed by atoms with van der Waals surface area (Å²) in [5.41, 5.74) is 8.56. The van der Waals surface area contributed by atoms with E-state index in [2.05, 4.69) is 15.2 Å². The molecule has 0 saturated carbocycles. The largest absolute Gasteiger partial charge is 0.493 e. The van der Waals surface area contributed by atoms with Crippen LogP contribution in [0, 0.1) is 6.92 Å². The number of nitrogens with two attached hydrogens (primary N) is 1. The van der Waals surface area contributed by atoms with E-state index in [0.29, 0.717) is 29.8 Å². The van der Waals surface area contributed by atoms with Crippen molar-refractivity contribution in [2.45, 2.75) is 57.2 Å². The fraction of sp³-hybridized carbons (Fsp3) is 0.435. The Kier molecular flexibility index (Phi) is 4.60. The van der Waals surface area contributed by atoms with Crippen LogP contribution in [0.3, 0.4) is 0 Å². The maximum absolute atomic E-state index is 13.0. The van der Waals surface area contributed by atoms with Crippen LogP contribution in [0.25, 0.3) is 0 Å². The van der Waals surface area contributed by atoms with Gasteiger partial charge < -0.3 is 20.7 Å². The molecule has 5 rings (SSSR count). The van der Waals surface area contributed by atoms with Gasteiger partial charge in [0.1, 0.15) is 11.6 Å². The fourth-order valence-electron chi connectivity index (χ4n) is 5.27. The maximum Gasteiger partial charge on any atom is 0.251 e. The fourth-order valence-corrected chi connectivity index (χ4v) is 5.27. The Morgan fingerprint density at radius 3 is 2.60 bits per heavy atom. The lowest BCUT2D eigenvalue weighted by molar-refractivity contribution is 0.0925. The van der Waals surface area contributed by atoms with Crippen molar-refractivity contribution >= 4 is 17.6 Å². The van der Waals surface area contributed by atoms with Crippen LogP contribution in [-0.4, -0.2) is 41.5 Å². The van der Waals surface area contributed by atoms with Gasteiger partial charge >= 0.3 is 0 Å². The summed E-state index contributed by atoms with van der Waals surface area (Å²) in [4.78, 5) is 31.1. The van der Waals surface area contributed by atoms with Gasteiger partial charge in [-0.15, -0.1) is 0 Å². The molecule has 1 aromatic heterocycles. The topological polar surface area (TPSA) is 97.6 Å². The van der Waals surface area contributed by atoms with Gasteiger partial charge in [0.15, 0.2) is 0 Å². The first-order chi connectivity index (χ1) is 14.5. The van der Waals surface area contributed by atoms with E-state index in [9.17, 15) is 9.59 Å². The monoisotopic (exact) mass is 406 g/mol. The third-order valence-electron chi connectivity index (χ3n) is 6.72. The zero-order valence-corrected chi connectivity index (χ0v) is 17.1. The first kappa shape index (κ1) is 18.9. The molecule has 30 heavy (non-hydrogen) atoms. The van der Waals surface area contributed by atoms with E-state index in [-0.39, 0.29) is 11.9 Å². The second kappa shape index (κ2) is 7.31. The number of ether oxygens (including phenoxy) is 1. The molecular weight excluding hydrogens is 380 g/mol. The van der Waals surface area contributed by atoms with Crippen molar-refractivity contribution in [3.8, 4) is 5.75 Å². The molecule has 3 aliphatic rings. The first-order valence-electron chi connectivity index (χ1n) is 10.6. The van der Waals surface area contributed by atoms with Crippen molar-refractivity contribution in [3.05, 3.63) is 52.7 Å². The zero-order chi connectivity index (χ0) is 20.8. The summed E-state index contributed by atoms with van der Waals surface area (Å²) in [7, 11) is 0. The van der Waals surface area contributed by atoms with Gasteiger partial charge in [-0.05, 0) is 56.4 Å². The number of benzene rings is 1. The van der Waals surface area contributed by atoms with Crippen molar-refractivity contribution in [3.63, 3.8) is 0 Å². The molecule has 2 saturated heterocycles. The van der Waals surface area contributed by atoms with E-state index < -0.39 is 5.91 Å². The molecule has 156 valence electrons. The SMILES string of the molecule is Cc1c(C(=O)NC2C[C@H]3CC[C@@H](C2)N3c2ccc(C(N)=O)cn2)ccc2c1OCC2. The summed E-state index contributed by atoms with van der Waals surface area (Å²) in [6.45, 7) is 2.66. The van der Waals surface area contributed by atoms with E-state index >= 15 is 0 Å². The summed E-state index contributed by atoms with van der Waals surface area (Å²) in [5, 5.41) is 3.26. The Hall–Kier alpha value is -3.09. The molecule has 3 aliphatic heterocycles. The number of hydrogen-bond donors (Lipinski definition) is 2. The number of primary amides is 1. The van der Waals surface area contributed by atoms with Gasteiger partial charge in [-0.25, -0.2) is 4.98 Å². The summed E-state index contributed by atoms with van der Waals surface area (Å²) >= 11 is 0. The molecule has 1 aromatic carbocycles. The summed E-state index contributed by atoms with van der Waals surface area (Å²) in [6.07, 6.45) is 6.41. The van der Waals surface area contributed by atoms with Crippen LogP contribution in [0.15, 0.2) is 30.5 Å². The van der Waals surface area contributed by atoms with Gasteiger partial charge in [0.25, 0.3) is 5.91 Å². The average molecular weight is 406 g/mol. The summed E-state index contributed by atoms with van der Waals surface area (Å²) < 4.78 is 5.72. The van der Waals surface area contributed by atoms with Crippen molar-refractivity contribution in [1.82, 2.24) is 10.3 Å². The lowest BCUT2D eigenvalue weighted by Gasteiger charge is -2.40. The second-order valence-electron chi connectivity index (χ2n) is 8.53. The molecule has 4 heterocycles. The Labute approximate surface area is 175 Å². The highest BCUT2D eigenvalue weighted by molar-refractivity contribution is 5.96. The van der Waals surface area contributed by atoms with Gasteiger partial charge in [-0.2, -0.15) is 0 Å². The van der Waals surface area contributed by atoms with Gasteiger partial charge in [-0.1, -0.05) is 6.07 Å². The third kappa shape index (κ3) is 3.18. The number of pyridine rings is 1. The molecule has 0 spiro atoms. The molecule has 1 unspecified atom stereocenters. The molecule has 3 N–H and O–H groups in total. The number of fused-ring (bicyclic) bond motifs is 3. The van der Waals surface area contributed by atoms with Gasteiger partial charge in [0.2, 0.25) is 5.91 Å². The molecule has 0 radical (unpaired) electrons. The van der Waals surface area contributed by atoms with E-state index in [4.69, 9.17) is 10.5 Å². The van der Waals surface area contributed by atoms with E-state index in [1.807, 2.05) is 25.1 Å². The minimum atomic E-state index is -0.467. The quantitative estimate of drug-likeness (QED) is 0.812. The normalized spacial score (nSPS) is 24.3. The van der Waals surface area contributed by atoms with E-state index in [1.54, 1.807) is 12.3 Å². The predicted octanol–water partition coefficient (Wildman–Crippen LogP) is 2.35. The van der Waals surface area contributed by atoms with Crippen LogP contribution in [0.4, 0.5) is 5.82 Å².